The van der Waals surface area contributed by atoms with Crippen molar-refractivity contribution in [2.45, 2.75) is 38.0 Å². The molecule has 2 N–H and O–H groups in total. The third-order valence-electron chi connectivity index (χ3n) is 6.20. The number of anilines is 1. The van der Waals surface area contributed by atoms with Crippen molar-refractivity contribution in [3.63, 3.8) is 0 Å². The zero-order chi connectivity index (χ0) is 19.9. The molecule has 0 unspecified atom stereocenters. The fourth-order valence-corrected chi connectivity index (χ4v) is 5.11. The van der Waals surface area contributed by atoms with Crippen LogP contribution in [-0.4, -0.2) is 27.4 Å². The summed E-state index contributed by atoms with van der Waals surface area (Å²) in [7, 11) is 0. The quantitative estimate of drug-likeness (QED) is 0.801. The number of benzene rings is 2. The Morgan fingerprint density at radius 1 is 0.893 bits per heavy atom. The number of hydrogen-bond donors (Lipinski definition) is 2. The molecule has 0 fully saturated rings. The third-order valence-corrected chi connectivity index (χ3v) is 6.20. The van der Waals surface area contributed by atoms with E-state index in [0.717, 1.165) is 0 Å². The van der Waals surface area contributed by atoms with Gasteiger partial charge >= 0.3 is 0 Å². The van der Waals surface area contributed by atoms with Gasteiger partial charge < -0.3 is 15.1 Å². The van der Waals surface area contributed by atoms with Crippen molar-refractivity contribution >= 4 is 17.3 Å². The predicted octanol–water partition coefficient (Wildman–Crippen LogP) is 2.92. The van der Waals surface area contributed by atoms with Gasteiger partial charge in [0.25, 0.3) is 0 Å². The summed E-state index contributed by atoms with van der Waals surface area (Å²) in [6.07, 6.45) is 0.694. The largest absolute Gasteiger partial charge is 0.372 e. The lowest BCUT2D eigenvalue weighted by atomic mass is 9.72. The van der Waals surface area contributed by atoms with Gasteiger partial charge in [-0.2, -0.15) is 0 Å². The van der Waals surface area contributed by atoms with Crippen molar-refractivity contribution in [2.75, 3.05) is 4.90 Å². The standard InChI is InChI=1S/C23H21NO4/c1-21(2)12-17-19(18(25)13-21)22(27)20(26)15-10-6-7-11-16(15)23(22,28)24(17)14-8-4-3-5-9-14/h3-11,27-28H,12-13H2,1-2H3/t22-,23+/m0/s1. The average Bonchev–Trinajstić information content (AvgIpc) is 2.95. The van der Waals surface area contributed by atoms with Crippen LogP contribution in [0.15, 0.2) is 65.9 Å². The van der Waals surface area contributed by atoms with E-state index in [1.54, 1.807) is 29.2 Å². The zero-order valence-electron chi connectivity index (χ0n) is 15.8. The van der Waals surface area contributed by atoms with Gasteiger partial charge in [0, 0.05) is 28.9 Å². The smallest absolute Gasteiger partial charge is 0.211 e. The Balaban J connectivity index is 1.87. The van der Waals surface area contributed by atoms with E-state index < -0.39 is 17.1 Å². The van der Waals surface area contributed by atoms with Gasteiger partial charge in [-0.1, -0.05) is 56.3 Å². The van der Waals surface area contributed by atoms with Crippen LogP contribution in [-0.2, 0) is 10.5 Å². The number of Topliss-reactive ketones (excluding diaryl/α,β-unsaturated/α-hetero) is 2. The molecule has 2 aromatic carbocycles. The summed E-state index contributed by atoms with van der Waals surface area (Å²) in [5.74, 6) is -0.906. The molecule has 28 heavy (non-hydrogen) atoms. The van der Waals surface area contributed by atoms with E-state index in [1.165, 1.54) is 0 Å². The summed E-state index contributed by atoms with van der Waals surface area (Å²) < 4.78 is 0. The lowest BCUT2D eigenvalue weighted by molar-refractivity contribution is -0.124. The maximum atomic E-state index is 13.3. The molecule has 142 valence electrons. The van der Waals surface area contributed by atoms with Gasteiger partial charge in [0.05, 0.1) is 5.57 Å². The van der Waals surface area contributed by atoms with Crippen LogP contribution in [0.4, 0.5) is 5.69 Å². The van der Waals surface area contributed by atoms with E-state index in [0.29, 0.717) is 23.4 Å². The summed E-state index contributed by atoms with van der Waals surface area (Å²) in [4.78, 5) is 28.1. The van der Waals surface area contributed by atoms with Crippen LogP contribution in [0.3, 0.4) is 0 Å². The molecule has 5 rings (SSSR count). The monoisotopic (exact) mass is 375 g/mol. The van der Waals surface area contributed by atoms with Crippen LogP contribution in [0.2, 0.25) is 0 Å². The normalized spacial score (nSPS) is 30.4. The van der Waals surface area contributed by atoms with Gasteiger partial charge in [-0.25, -0.2) is 0 Å². The number of allylic oxidation sites excluding steroid dienone is 1. The second-order valence-electron chi connectivity index (χ2n) is 8.69. The van der Waals surface area contributed by atoms with Gasteiger partial charge in [0.2, 0.25) is 17.1 Å². The Kier molecular flexibility index (Phi) is 3.21. The summed E-state index contributed by atoms with van der Waals surface area (Å²) in [5.41, 5.74) is -2.93. The molecular formula is C23H21NO4. The fraction of sp³-hybridized carbons (Fsp3) is 0.304. The number of rotatable bonds is 1. The molecule has 0 spiro atoms. The minimum Gasteiger partial charge on any atom is -0.372 e. The maximum Gasteiger partial charge on any atom is 0.211 e. The third kappa shape index (κ3) is 1.83. The summed E-state index contributed by atoms with van der Waals surface area (Å²) in [6, 6.07) is 15.8. The van der Waals surface area contributed by atoms with E-state index in [9.17, 15) is 19.8 Å². The van der Waals surface area contributed by atoms with Crippen LogP contribution < -0.4 is 4.90 Å². The number of fused-ring (bicyclic) bond motifs is 4. The SMILES string of the molecule is CC1(C)CC(=O)C2=C(C1)N(c1ccccc1)[C@@]1(O)c3ccccc3C(=O)[C@@]21O. The van der Waals surface area contributed by atoms with Crippen molar-refractivity contribution in [2.24, 2.45) is 5.41 Å². The van der Waals surface area contributed by atoms with E-state index in [2.05, 4.69) is 0 Å². The number of nitrogens with zero attached hydrogens (tertiary/aromatic N) is 1. The lowest BCUT2D eigenvalue weighted by Crippen LogP contribution is -2.58. The van der Waals surface area contributed by atoms with E-state index in [4.69, 9.17) is 0 Å². The van der Waals surface area contributed by atoms with Crippen LogP contribution in [0.5, 0.6) is 0 Å². The van der Waals surface area contributed by atoms with Crippen LogP contribution in [0.1, 0.15) is 42.6 Å². The Morgan fingerprint density at radius 2 is 1.54 bits per heavy atom. The molecule has 0 saturated carbocycles. The van der Waals surface area contributed by atoms with Crippen molar-refractivity contribution in [1.29, 1.82) is 0 Å². The molecule has 0 amide bonds. The number of para-hydroxylation sites is 1. The number of carbonyl (C=O) groups excluding carboxylic acids is 2. The molecule has 5 nitrogen and oxygen atoms in total. The molecule has 0 bridgehead atoms. The molecule has 5 heteroatoms. The number of aliphatic hydroxyl groups is 2. The minimum absolute atomic E-state index is 0.0411. The molecule has 2 aliphatic carbocycles. The minimum atomic E-state index is -2.31. The Labute approximate surface area is 162 Å². The molecule has 2 atom stereocenters. The van der Waals surface area contributed by atoms with Gasteiger partial charge in [0.15, 0.2) is 5.78 Å². The molecule has 0 aromatic heterocycles. The van der Waals surface area contributed by atoms with Crippen molar-refractivity contribution in [3.8, 4) is 0 Å². The number of hydrogen-bond acceptors (Lipinski definition) is 5. The Morgan fingerprint density at radius 3 is 2.25 bits per heavy atom. The van der Waals surface area contributed by atoms with Crippen LogP contribution in [0, 0.1) is 5.41 Å². The fourth-order valence-electron chi connectivity index (χ4n) is 5.11. The van der Waals surface area contributed by atoms with E-state index >= 15 is 0 Å². The highest BCUT2D eigenvalue weighted by molar-refractivity contribution is 6.19. The van der Waals surface area contributed by atoms with Crippen molar-refractivity contribution < 1.29 is 19.8 Å². The van der Waals surface area contributed by atoms with Gasteiger partial charge in [-0.15, -0.1) is 0 Å². The maximum absolute atomic E-state index is 13.3. The molecular weight excluding hydrogens is 354 g/mol. The highest BCUT2D eigenvalue weighted by Crippen LogP contribution is 2.61. The van der Waals surface area contributed by atoms with Crippen molar-refractivity contribution in [1.82, 2.24) is 0 Å². The highest BCUT2D eigenvalue weighted by atomic mass is 16.4. The van der Waals surface area contributed by atoms with E-state index in [-0.39, 0.29) is 28.8 Å². The first-order chi connectivity index (χ1) is 13.2. The van der Waals surface area contributed by atoms with Gasteiger partial charge in [0.1, 0.15) is 0 Å². The Hall–Kier alpha value is -2.76. The topological polar surface area (TPSA) is 77.8 Å². The molecule has 2 aromatic rings. The first-order valence-corrected chi connectivity index (χ1v) is 9.43. The second kappa shape index (κ2) is 5.19. The van der Waals surface area contributed by atoms with Crippen molar-refractivity contribution in [3.05, 3.63) is 77.0 Å². The van der Waals surface area contributed by atoms with Gasteiger partial charge in [-0.3, -0.25) is 9.59 Å². The van der Waals surface area contributed by atoms with Gasteiger partial charge in [-0.05, 0) is 24.0 Å². The summed E-state index contributed by atoms with van der Waals surface area (Å²) in [5, 5.41) is 23.7. The molecule has 0 saturated heterocycles. The Bertz CT molecular complexity index is 1070. The lowest BCUT2D eigenvalue weighted by Gasteiger charge is -2.40. The summed E-state index contributed by atoms with van der Waals surface area (Å²) in [6.45, 7) is 3.96. The first kappa shape index (κ1) is 17.3. The highest BCUT2D eigenvalue weighted by Gasteiger charge is 2.74. The molecule has 3 aliphatic rings. The molecule has 1 aliphatic heterocycles. The van der Waals surface area contributed by atoms with E-state index in [1.807, 2.05) is 44.2 Å². The number of carbonyl (C=O) groups is 2. The van der Waals surface area contributed by atoms with Crippen LogP contribution in [0.25, 0.3) is 0 Å². The average molecular weight is 375 g/mol. The molecule has 1 heterocycles. The van der Waals surface area contributed by atoms with Crippen LogP contribution >= 0.6 is 0 Å². The predicted molar refractivity (Wildman–Crippen MR) is 104 cm³/mol. The second-order valence-corrected chi connectivity index (χ2v) is 8.69. The first-order valence-electron chi connectivity index (χ1n) is 9.43. The summed E-state index contributed by atoms with van der Waals surface area (Å²) >= 11 is 0. The zero-order valence-corrected chi connectivity index (χ0v) is 15.8. The molecule has 0 radical (unpaired) electrons. The number of ketones is 2.